The van der Waals surface area contributed by atoms with Gasteiger partial charge >= 0.3 is 0 Å². The maximum absolute atomic E-state index is 8.16. The maximum atomic E-state index is 8.16. The SMILES string of the molecule is [2H]C([2H])([2H])C1=CN=C(c2[c-]cccc2)CC1.[2H]c1c(C([2H])([2H])[2H])cnc(-c2[c-]cccc3ccccc3sc2)c1[2H].[Ir]. The van der Waals surface area contributed by atoms with Crippen molar-refractivity contribution < 1.29 is 31.1 Å². The Morgan fingerprint density at radius 1 is 0.912 bits per heavy atom. The Labute approximate surface area is 231 Å². The van der Waals surface area contributed by atoms with Crippen molar-refractivity contribution in [2.24, 2.45) is 4.99 Å². The predicted molar refractivity (Wildman–Crippen MR) is 141 cm³/mol. The summed E-state index contributed by atoms with van der Waals surface area (Å²) in [5.41, 5.74) is 2.87. The zero-order valence-electron chi connectivity index (χ0n) is 26.1. The predicted octanol–water partition coefficient (Wildman–Crippen LogP) is 8.17. The first-order valence-electron chi connectivity index (χ1n) is 14.4. The first kappa shape index (κ1) is 16.7. The van der Waals surface area contributed by atoms with Crippen LogP contribution < -0.4 is 0 Å². The third-order valence-corrected chi connectivity index (χ3v) is 5.73. The number of hydrogen-bond acceptors (Lipinski definition) is 3. The quantitative estimate of drug-likeness (QED) is 0.202. The molecule has 34 heavy (non-hydrogen) atoms. The van der Waals surface area contributed by atoms with Gasteiger partial charge in [-0.15, -0.1) is 59.7 Å². The minimum Gasteiger partial charge on any atom is -0.309 e. The second kappa shape index (κ2) is 13.1. The van der Waals surface area contributed by atoms with Crippen molar-refractivity contribution in [2.45, 2.75) is 26.5 Å². The van der Waals surface area contributed by atoms with Crippen LogP contribution in [0.25, 0.3) is 21.3 Å². The van der Waals surface area contributed by atoms with Crippen LogP contribution >= 0.6 is 11.3 Å². The van der Waals surface area contributed by atoms with Gasteiger partial charge in [0.25, 0.3) is 0 Å². The summed E-state index contributed by atoms with van der Waals surface area (Å²) < 4.78 is 61.4. The molecule has 0 saturated carbocycles. The Balaban J connectivity index is 0.000000247. The Kier molecular flexibility index (Phi) is 6.42. The Bertz CT molecular complexity index is 1640. The topological polar surface area (TPSA) is 25.2 Å². The van der Waals surface area contributed by atoms with Gasteiger partial charge < -0.3 is 9.98 Å². The van der Waals surface area contributed by atoms with Gasteiger partial charge in [-0.3, -0.25) is 0 Å². The smallest absolute Gasteiger partial charge is 0.0618 e. The van der Waals surface area contributed by atoms with E-state index in [9.17, 15) is 0 Å². The van der Waals surface area contributed by atoms with Crippen molar-refractivity contribution in [3.63, 3.8) is 0 Å². The molecule has 2 aromatic carbocycles. The third kappa shape index (κ3) is 7.30. The summed E-state index contributed by atoms with van der Waals surface area (Å²) in [6.45, 7) is -4.46. The van der Waals surface area contributed by atoms with E-state index in [1.807, 2.05) is 66.0 Å². The summed E-state index contributed by atoms with van der Waals surface area (Å²) in [5, 5.41) is 2.89. The average molecular weight is 647 g/mol. The van der Waals surface area contributed by atoms with E-state index in [4.69, 9.17) is 11.0 Å². The Hall–Kier alpha value is -2.91. The normalized spacial score (nSPS) is 16.5. The van der Waals surface area contributed by atoms with E-state index >= 15 is 0 Å². The Morgan fingerprint density at radius 2 is 1.74 bits per heavy atom. The molecule has 0 spiro atoms. The van der Waals surface area contributed by atoms with Crippen molar-refractivity contribution >= 4 is 27.1 Å². The van der Waals surface area contributed by atoms with Crippen LogP contribution in [0.2, 0.25) is 0 Å². The number of allylic oxidation sites excluding steroid dienone is 1. The molecule has 0 N–H and O–H groups in total. The summed E-state index contributed by atoms with van der Waals surface area (Å²) in [7, 11) is 0. The fraction of sp³-hybridized carbons (Fsp3) is 0.133. The van der Waals surface area contributed by atoms with Gasteiger partial charge in [-0.1, -0.05) is 47.3 Å². The van der Waals surface area contributed by atoms with Gasteiger partial charge in [-0.2, -0.15) is 11.3 Å². The van der Waals surface area contributed by atoms with Crippen molar-refractivity contribution in [1.82, 2.24) is 4.98 Å². The minimum absolute atomic E-state index is 0. The zero-order valence-corrected chi connectivity index (χ0v) is 21.3. The molecule has 2 aromatic heterocycles. The molecule has 0 saturated heterocycles. The van der Waals surface area contributed by atoms with Gasteiger partial charge in [0.2, 0.25) is 0 Å². The first-order valence-corrected chi connectivity index (χ1v) is 11.3. The summed E-state index contributed by atoms with van der Waals surface area (Å²) >= 11 is 1.47. The zero-order chi connectivity index (χ0) is 29.6. The van der Waals surface area contributed by atoms with Crippen molar-refractivity contribution in [1.29, 1.82) is 0 Å². The van der Waals surface area contributed by atoms with E-state index in [0.717, 1.165) is 27.6 Å². The standard InChI is InChI=1S/C18H14NS.C12H12N.Ir/c1-14-10-11-17(19-12-14)16-8-3-2-6-15-7-4-5-9-18(15)20-13-16;1-10-7-8-12(13-9-10)11-5-3-2-4-6-11;/h2-7,9-13H,1H3;2-5,9H,7-8H2,1H3;/q2*-1;/i1D3,10D,11D;1D3;. The summed E-state index contributed by atoms with van der Waals surface area (Å²) in [6, 6.07) is 26.7. The monoisotopic (exact) mass is 647 g/mol. The number of hydrogen-bond donors (Lipinski definition) is 0. The molecule has 0 fully saturated rings. The molecular weight excluding hydrogens is 613 g/mol. The van der Waals surface area contributed by atoms with Crippen LogP contribution in [0.15, 0.2) is 107 Å². The molecule has 0 bridgehead atoms. The first-order chi connectivity index (χ1) is 19.4. The molecule has 3 heterocycles. The summed E-state index contributed by atoms with van der Waals surface area (Å²) in [6.07, 6.45) is 3.86. The second-order valence-electron chi connectivity index (χ2n) is 7.13. The van der Waals surface area contributed by atoms with Gasteiger partial charge in [0, 0.05) is 45.4 Å². The Morgan fingerprint density at radius 3 is 2.53 bits per heavy atom. The van der Waals surface area contributed by atoms with Gasteiger partial charge in [0.15, 0.2) is 0 Å². The fourth-order valence-corrected chi connectivity index (χ4v) is 3.92. The molecule has 1 aliphatic rings. The van der Waals surface area contributed by atoms with E-state index in [1.54, 1.807) is 6.07 Å². The van der Waals surface area contributed by atoms with Crippen molar-refractivity contribution in [2.75, 3.05) is 0 Å². The number of rotatable bonds is 2. The molecule has 2 nitrogen and oxygen atoms in total. The fourth-order valence-electron chi connectivity index (χ4n) is 3.07. The summed E-state index contributed by atoms with van der Waals surface area (Å²) in [5.74, 6) is 0. The van der Waals surface area contributed by atoms with Crippen LogP contribution in [0.4, 0.5) is 0 Å². The van der Waals surface area contributed by atoms with Gasteiger partial charge in [0.05, 0.1) is 2.74 Å². The molecule has 5 rings (SSSR count). The van der Waals surface area contributed by atoms with Crippen molar-refractivity contribution in [3.05, 3.63) is 125 Å². The summed E-state index contributed by atoms with van der Waals surface area (Å²) in [4.78, 5) is 8.34. The van der Waals surface area contributed by atoms with Crippen LogP contribution in [-0.4, -0.2) is 10.7 Å². The van der Waals surface area contributed by atoms with E-state index in [0.29, 0.717) is 24.0 Å². The second-order valence-corrected chi connectivity index (χ2v) is 8.05. The number of aromatic nitrogens is 1. The number of aryl methyl sites for hydroxylation is 1. The van der Waals surface area contributed by atoms with Crippen LogP contribution in [-0.2, 0) is 20.1 Å². The van der Waals surface area contributed by atoms with E-state index in [1.165, 1.54) is 17.5 Å². The molecule has 0 amide bonds. The molecule has 0 atom stereocenters. The third-order valence-electron chi connectivity index (χ3n) is 4.75. The average Bonchev–Trinajstić information content (AvgIpc) is 3.05. The largest absolute Gasteiger partial charge is 0.309 e. The number of fused-ring (bicyclic) bond motifs is 1. The molecule has 0 aliphatic carbocycles. The molecular formula is C30H26IrN2S-2. The van der Waals surface area contributed by atoms with Gasteiger partial charge in [-0.25, -0.2) is 0 Å². The molecule has 0 unspecified atom stereocenters. The van der Waals surface area contributed by atoms with Crippen LogP contribution in [0.3, 0.4) is 0 Å². The van der Waals surface area contributed by atoms with Crippen LogP contribution in [0.1, 0.15) is 41.8 Å². The number of pyridine rings is 1. The number of nitrogens with zero attached hydrogens (tertiary/aromatic N) is 2. The number of aliphatic imine (C=N–C) groups is 1. The maximum Gasteiger partial charge on any atom is 0.0618 e. The molecule has 4 heteroatoms. The van der Waals surface area contributed by atoms with Gasteiger partial charge in [-0.05, 0) is 55.0 Å². The molecule has 1 radical (unpaired) electrons. The van der Waals surface area contributed by atoms with Gasteiger partial charge in [0.1, 0.15) is 0 Å². The van der Waals surface area contributed by atoms with Crippen LogP contribution in [0.5, 0.6) is 0 Å². The van der Waals surface area contributed by atoms with Crippen LogP contribution in [0, 0.1) is 19.0 Å². The number of benzene rings is 2. The minimum atomic E-state index is -2.46. The molecule has 4 aromatic rings. The molecule has 1 aliphatic heterocycles. The van der Waals surface area contributed by atoms with E-state index in [2.05, 4.69) is 22.1 Å². The van der Waals surface area contributed by atoms with Crippen molar-refractivity contribution in [3.8, 4) is 11.3 Å². The van der Waals surface area contributed by atoms with E-state index < -0.39 is 13.7 Å². The van der Waals surface area contributed by atoms with E-state index in [-0.39, 0.29) is 43.4 Å². The molecule has 173 valence electrons.